The van der Waals surface area contributed by atoms with Crippen molar-refractivity contribution < 1.29 is 13.9 Å². The zero-order chi connectivity index (χ0) is 27.6. The first-order chi connectivity index (χ1) is 19.0. The number of aromatic nitrogens is 2. The lowest BCUT2D eigenvalue weighted by atomic mass is 10.1. The van der Waals surface area contributed by atoms with Gasteiger partial charge in [0.05, 0.1) is 18.7 Å². The van der Waals surface area contributed by atoms with E-state index in [1.807, 2.05) is 48.5 Å². The molecule has 0 unspecified atom stereocenters. The van der Waals surface area contributed by atoms with Gasteiger partial charge in [-0.05, 0) is 67.9 Å². The van der Waals surface area contributed by atoms with Crippen LogP contribution in [0.4, 0.5) is 4.39 Å². The third-order valence-corrected chi connectivity index (χ3v) is 7.23. The topological polar surface area (TPSA) is 39.5 Å². The molecule has 0 N–H and O–H groups in total. The van der Waals surface area contributed by atoms with Crippen LogP contribution in [0, 0.1) is 5.82 Å². The van der Waals surface area contributed by atoms with Gasteiger partial charge in [-0.3, -0.25) is 0 Å². The molecule has 0 radical (unpaired) electrons. The molecule has 0 saturated carbocycles. The van der Waals surface area contributed by atoms with E-state index in [9.17, 15) is 4.39 Å². The van der Waals surface area contributed by atoms with Gasteiger partial charge in [-0.1, -0.05) is 50.9 Å². The van der Waals surface area contributed by atoms with Gasteiger partial charge < -0.3 is 18.9 Å². The standard InChI is InChI=1S/C32H39ClFN3O2/c1-4-7-19-37-29-22-27(34)23-30(39-20-8-18-36(5-2)6-3)31(29)35-32(37)25-11-15-28(16-12-25)38-21-17-24-9-13-26(33)14-10-24/h9-16,22-23H,4-8,17-21H2,1-3H3. The predicted octanol–water partition coefficient (Wildman–Crippen LogP) is 8.03. The SMILES string of the molecule is CCCCn1c(-c2ccc(OCCc3ccc(Cl)cc3)cc2)nc2c(OCCCN(CC)CC)cc(F)cc21. The predicted molar refractivity (Wildman–Crippen MR) is 159 cm³/mol. The van der Waals surface area contributed by atoms with Gasteiger partial charge in [-0.2, -0.15) is 0 Å². The van der Waals surface area contributed by atoms with Crippen LogP contribution in [0.25, 0.3) is 22.4 Å². The van der Waals surface area contributed by atoms with E-state index in [2.05, 4.69) is 30.2 Å². The molecule has 0 amide bonds. The summed E-state index contributed by atoms with van der Waals surface area (Å²) in [6.45, 7) is 11.3. The summed E-state index contributed by atoms with van der Waals surface area (Å²) in [5.74, 6) is 1.80. The van der Waals surface area contributed by atoms with E-state index >= 15 is 0 Å². The van der Waals surface area contributed by atoms with Crippen molar-refractivity contribution in [2.24, 2.45) is 0 Å². The van der Waals surface area contributed by atoms with Crippen molar-refractivity contribution >= 4 is 22.6 Å². The zero-order valence-electron chi connectivity index (χ0n) is 23.3. The molecular weight excluding hydrogens is 513 g/mol. The number of ether oxygens (including phenoxy) is 2. The molecule has 39 heavy (non-hydrogen) atoms. The quantitative estimate of drug-likeness (QED) is 0.140. The summed E-state index contributed by atoms with van der Waals surface area (Å²) in [5, 5.41) is 0.733. The van der Waals surface area contributed by atoms with E-state index in [-0.39, 0.29) is 5.82 Å². The highest BCUT2D eigenvalue weighted by atomic mass is 35.5. The Morgan fingerprint density at radius 1 is 0.897 bits per heavy atom. The number of fused-ring (bicyclic) bond motifs is 1. The molecule has 0 bridgehead atoms. The molecule has 208 valence electrons. The van der Waals surface area contributed by atoms with Crippen molar-refractivity contribution in [1.82, 2.24) is 14.5 Å². The largest absolute Gasteiger partial charge is 0.493 e. The molecule has 4 rings (SSSR count). The summed E-state index contributed by atoms with van der Waals surface area (Å²) in [4.78, 5) is 7.33. The highest BCUT2D eigenvalue weighted by molar-refractivity contribution is 6.30. The normalized spacial score (nSPS) is 11.4. The lowest BCUT2D eigenvalue weighted by Crippen LogP contribution is -2.25. The minimum atomic E-state index is -0.310. The first-order valence-corrected chi connectivity index (χ1v) is 14.4. The molecule has 7 heteroatoms. The van der Waals surface area contributed by atoms with Crippen LogP contribution in [0.3, 0.4) is 0 Å². The Balaban J connectivity index is 1.51. The van der Waals surface area contributed by atoms with E-state index < -0.39 is 0 Å². The van der Waals surface area contributed by atoms with Gasteiger partial charge >= 0.3 is 0 Å². The summed E-state index contributed by atoms with van der Waals surface area (Å²) in [6.07, 6.45) is 3.68. The van der Waals surface area contributed by atoms with Crippen molar-refractivity contribution in [2.75, 3.05) is 32.8 Å². The molecule has 3 aromatic carbocycles. The Morgan fingerprint density at radius 2 is 1.64 bits per heavy atom. The van der Waals surface area contributed by atoms with E-state index in [4.69, 9.17) is 26.1 Å². The molecule has 0 fully saturated rings. The number of halogens is 2. The van der Waals surface area contributed by atoms with Crippen LogP contribution in [0.15, 0.2) is 60.7 Å². The Labute approximate surface area is 236 Å². The van der Waals surface area contributed by atoms with Gasteiger partial charge in [0.2, 0.25) is 0 Å². The fourth-order valence-electron chi connectivity index (χ4n) is 4.68. The highest BCUT2D eigenvalue weighted by Crippen LogP contribution is 2.33. The number of unbranched alkanes of at least 4 members (excludes halogenated alkanes) is 1. The number of hydrogen-bond acceptors (Lipinski definition) is 4. The van der Waals surface area contributed by atoms with E-state index in [0.29, 0.717) is 24.5 Å². The summed E-state index contributed by atoms with van der Waals surface area (Å²) < 4.78 is 28.9. The van der Waals surface area contributed by atoms with Crippen molar-refractivity contribution in [3.63, 3.8) is 0 Å². The number of imidazole rings is 1. The van der Waals surface area contributed by atoms with Crippen molar-refractivity contribution in [1.29, 1.82) is 0 Å². The lowest BCUT2D eigenvalue weighted by molar-refractivity contribution is 0.250. The highest BCUT2D eigenvalue weighted by Gasteiger charge is 2.18. The lowest BCUT2D eigenvalue weighted by Gasteiger charge is -2.17. The Bertz CT molecular complexity index is 1320. The van der Waals surface area contributed by atoms with Crippen molar-refractivity contribution in [3.8, 4) is 22.9 Å². The van der Waals surface area contributed by atoms with Crippen LogP contribution in [0.1, 0.15) is 45.6 Å². The van der Waals surface area contributed by atoms with E-state index in [0.717, 1.165) is 79.5 Å². The van der Waals surface area contributed by atoms with Gasteiger partial charge in [0.1, 0.15) is 28.7 Å². The smallest absolute Gasteiger partial charge is 0.150 e. The zero-order valence-corrected chi connectivity index (χ0v) is 24.0. The fraction of sp³-hybridized carbons (Fsp3) is 0.406. The third-order valence-electron chi connectivity index (χ3n) is 6.97. The Morgan fingerprint density at radius 3 is 2.33 bits per heavy atom. The van der Waals surface area contributed by atoms with Gasteiger partial charge in [-0.25, -0.2) is 9.37 Å². The maximum atomic E-state index is 14.7. The van der Waals surface area contributed by atoms with Crippen LogP contribution in [-0.4, -0.2) is 47.3 Å². The second-order valence-electron chi connectivity index (χ2n) is 9.69. The number of aryl methyl sites for hydroxylation is 1. The Kier molecular flexibility index (Phi) is 10.6. The average Bonchev–Trinajstić information content (AvgIpc) is 3.31. The number of hydrogen-bond donors (Lipinski definition) is 0. The minimum absolute atomic E-state index is 0.310. The van der Waals surface area contributed by atoms with Crippen molar-refractivity contribution in [3.05, 3.63) is 77.1 Å². The van der Waals surface area contributed by atoms with Crippen LogP contribution in [0.2, 0.25) is 5.02 Å². The van der Waals surface area contributed by atoms with E-state index in [1.165, 1.54) is 11.6 Å². The molecular formula is C32H39ClFN3O2. The van der Waals surface area contributed by atoms with Crippen LogP contribution < -0.4 is 9.47 Å². The number of nitrogens with zero attached hydrogens (tertiary/aromatic N) is 3. The van der Waals surface area contributed by atoms with Gasteiger partial charge in [-0.15, -0.1) is 0 Å². The first-order valence-electron chi connectivity index (χ1n) is 14.0. The fourth-order valence-corrected chi connectivity index (χ4v) is 4.81. The van der Waals surface area contributed by atoms with Crippen LogP contribution in [-0.2, 0) is 13.0 Å². The molecule has 0 aliphatic carbocycles. The van der Waals surface area contributed by atoms with Crippen molar-refractivity contribution in [2.45, 2.75) is 53.0 Å². The first kappa shape index (κ1) is 28.9. The second kappa shape index (κ2) is 14.3. The molecule has 1 aromatic heterocycles. The molecule has 1 heterocycles. The van der Waals surface area contributed by atoms with Gasteiger partial charge in [0, 0.05) is 42.2 Å². The maximum absolute atomic E-state index is 14.7. The van der Waals surface area contributed by atoms with E-state index in [1.54, 1.807) is 6.07 Å². The molecule has 0 atom stereocenters. The third kappa shape index (κ3) is 7.74. The monoisotopic (exact) mass is 551 g/mol. The van der Waals surface area contributed by atoms with Crippen LogP contribution in [0.5, 0.6) is 11.5 Å². The molecule has 0 aliphatic heterocycles. The van der Waals surface area contributed by atoms with Crippen LogP contribution >= 0.6 is 11.6 Å². The van der Waals surface area contributed by atoms with Gasteiger partial charge in [0.25, 0.3) is 0 Å². The molecule has 0 aliphatic rings. The summed E-state index contributed by atoms with van der Waals surface area (Å²) >= 11 is 5.97. The summed E-state index contributed by atoms with van der Waals surface area (Å²) in [7, 11) is 0. The Hall–Kier alpha value is -3.09. The average molecular weight is 552 g/mol. The molecule has 0 spiro atoms. The molecule has 0 saturated heterocycles. The summed E-state index contributed by atoms with van der Waals surface area (Å²) in [5.41, 5.74) is 3.60. The number of rotatable bonds is 15. The van der Waals surface area contributed by atoms with Gasteiger partial charge in [0.15, 0.2) is 0 Å². The molecule has 5 nitrogen and oxygen atoms in total. The molecule has 4 aromatic rings. The second-order valence-corrected chi connectivity index (χ2v) is 10.1. The minimum Gasteiger partial charge on any atom is -0.493 e. The summed E-state index contributed by atoms with van der Waals surface area (Å²) in [6, 6.07) is 18.8. The number of benzene rings is 3. The maximum Gasteiger partial charge on any atom is 0.150 e.